The average molecular weight is 756 g/mol. The minimum absolute atomic E-state index is 0.0991. The maximum absolute atomic E-state index is 2.51. The lowest BCUT2D eigenvalue weighted by atomic mass is 9.59. The predicted octanol–water partition coefficient (Wildman–Crippen LogP) is 15.5. The molecule has 1 nitrogen and oxygen atoms in total. The summed E-state index contributed by atoms with van der Waals surface area (Å²) < 4.78 is 2.66. The standard InChI is InChI=1S/C56H37NS/c1-3-14-36(15-4-1)37-26-30-40(31-27-37)57(41-32-28-39(29-33-41)43-23-13-24-49-44-18-11-12-25-51(44)58-56(43)49)50-35-34-42(38-16-5-2-6-17-38)54-52-45-19-7-9-21-47(45)53(55(50)54)48-22-10-8-20-46(48)52/h1-35,52-53H. The molecule has 0 fully saturated rings. The summed E-state index contributed by atoms with van der Waals surface area (Å²) in [6.07, 6.45) is 0. The summed E-state index contributed by atoms with van der Waals surface area (Å²) in [6.45, 7) is 0. The second-order valence-electron chi connectivity index (χ2n) is 15.5. The van der Waals surface area contributed by atoms with Crippen molar-refractivity contribution < 1.29 is 0 Å². The van der Waals surface area contributed by atoms with Crippen molar-refractivity contribution >= 4 is 48.6 Å². The van der Waals surface area contributed by atoms with E-state index >= 15 is 0 Å². The fraction of sp³-hybridized carbons (Fsp3) is 0.0357. The molecule has 13 rings (SSSR count). The molecule has 1 aromatic heterocycles. The third kappa shape index (κ3) is 5.09. The number of rotatable bonds is 6. The van der Waals surface area contributed by atoms with E-state index in [1.807, 2.05) is 11.3 Å². The van der Waals surface area contributed by atoms with E-state index in [0.29, 0.717) is 0 Å². The van der Waals surface area contributed by atoms with Crippen LogP contribution < -0.4 is 4.90 Å². The number of nitrogens with zero attached hydrogens (tertiary/aromatic N) is 1. The minimum Gasteiger partial charge on any atom is -0.310 e. The first-order valence-corrected chi connectivity index (χ1v) is 21.0. The summed E-state index contributed by atoms with van der Waals surface area (Å²) in [6, 6.07) is 78.7. The first kappa shape index (κ1) is 33.2. The third-order valence-electron chi connectivity index (χ3n) is 12.5. The van der Waals surface area contributed by atoms with Crippen LogP contribution in [-0.4, -0.2) is 0 Å². The second-order valence-corrected chi connectivity index (χ2v) is 16.6. The van der Waals surface area contributed by atoms with Crippen LogP contribution in [0.1, 0.15) is 45.2 Å². The van der Waals surface area contributed by atoms with Gasteiger partial charge in [0, 0.05) is 43.4 Å². The van der Waals surface area contributed by atoms with Crippen molar-refractivity contribution in [3.63, 3.8) is 0 Å². The molecule has 9 aromatic carbocycles. The number of thiophene rings is 1. The van der Waals surface area contributed by atoms with Crippen LogP contribution in [0.3, 0.4) is 0 Å². The molecule has 0 amide bonds. The molecule has 272 valence electrons. The molecule has 0 unspecified atom stereocenters. The minimum atomic E-state index is 0.0991. The monoisotopic (exact) mass is 755 g/mol. The highest BCUT2D eigenvalue weighted by atomic mass is 32.1. The Labute approximate surface area is 342 Å². The Morgan fingerprint density at radius 3 is 1.45 bits per heavy atom. The molecule has 0 saturated carbocycles. The van der Waals surface area contributed by atoms with Gasteiger partial charge in [0.1, 0.15) is 0 Å². The van der Waals surface area contributed by atoms with Gasteiger partial charge in [0.15, 0.2) is 0 Å². The predicted molar refractivity (Wildman–Crippen MR) is 245 cm³/mol. The van der Waals surface area contributed by atoms with Crippen molar-refractivity contribution in [2.24, 2.45) is 0 Å². The van der Waals surface area contributed by atoms with Crippen molar-refractivity contribution in [3.8, 4) is 33.4 Å². The molecule has 3 aliphatic carbocycles. The van der Waals surface area contributed by atoms with E-state index in [0.717, 1.165) is 11.4 Å². The number of anilines is 3. The average Bonchev–Trinajstić information content (AvgIpc) is 3.69. The zero-order valence-corrected chi connectivity index (χ0v) is 32.5. The van der Waals surface area contributed by atoms with Crippen molar-refractivity contribution in [1.82, 2.24) is 0 Å². The topological polar surface area (TPSA) is 3.24 Å². The Morgan fingerprint density at radius 2 is 0.810 bits per heavy atom. The van der Waals surface area contributed by atoms with Crippen LogP contribution in [-0.2, 0) is 0 Å². The first-order valence-electron chi connectivity index (χ1n) is 20.2. The molecule has 2 heteroatoms. The summed E-state index contributed by atoms with van der Waals surface area (Å²) >= 11 is 1.89. The lowest BCUT2D eigenvalue weighted by Gasteiger charge is -2.45. The Bertz CT molecular complexity index is 3110. The van der Waals surface area contributed by atoms with Gasteiger partial charge < -0.3 is 4.90 Å². The van der Waals surface area contributed by atoms with Gasteiger partial charge in [-0.25, -0.2) is 0 Å². The van der Waals surface area contributed by atoms with E-state index in [2.05, 4.69) is 217 Å². The molecule has 0 N–H and O–H groups in total. The van der Waals surface area contributed by atoms with Gasteiger partial charge in [-0.3, -0.25) is 0 Å². The molecule has 0 spiro atoms. The van der Waals surface area contributed by atoms with E-state index in [1.165, 1.54) is 92.6 Å². The molecule has 0 radical (unpaired) electrons. The fourth-order valence-corrected chi connectivity index (χ4v) is 11.2. The molecule has 2 bridgehead atoms. The molecular formula is C56H37NS. The van der Waals surface area contributed by atoms with Crippen LogP contribution in [0, 0.1) is 0 Å². The summed E-state index contributed by atoms with van der Waals surface area (Å²) in [7, 11) is 0. The van der Waals surface area contributed by atoms with Crippen LogP contribution in [0.15, 0.2) is 212 Å². The Kier molecular flexibility index (Phi) is 7.61. The quantitative estimate of drug-likeness (QED) is 0.163. The van der Waals surface area contributed by atoms with E-state index in [4.69, 9.17) is 0 Å². The molecule has 3 aliphatic rings. The van der Waals surface area contributed by atoms with Crippen molar-refractivity contribution in [3.05, 3.63) is 246 Å². The molecule has 0 saturated heterocycles. The number of fused-ring (bicyclic) bond motifs is 3. The zero-order valence-electron chi connectivity index (χ0n) is 31.7. The number of hydrogen-bond donors (Lipinski definition) is 0. The molecule has 0 atom stereocenters. The van der Waals surface area contributed by atoms with Crippen LogP contribution in [0.4, 0.5) is 17.1 Å². The maximum Gasteiger partial charge on any atom is 0.0506 e. The van der Waals surface area contributed by atoms with Gasteiger partial charge in [0.2, 0.25) is 0 Å². The smallest absolute Gasteiger partial charge is 0.0506 e. The van der Waals surface area contributed by atoms with Crippen LogP contribution >= 0.6 is 11.3 Å². The third-order valence-corrected chi connectivity index (χ3v) is 13.7. The van der Waals surface area contributed by atoms with Gasteiger partial charge >= 0.3 is 0 Å². The van der Waals surface area contributed by atoms with Crippen LogP contribution in [0.2, 0.25) is 0 Å². The molecular weight excluding hydrogens is 719 g/mol. The first-order chi connectivity index (χ1) is 28.8. The highest BCUT2D eigenvalue weighted by molar-refractivity contribution is 7.26. The molecule has 10 aromatic rings. The Morgan fingerprint density at radius 1 is 0.328 bits per heavy atom. The van der Waals surface area contributed by atoms with E-state index in [-0.39, 0.29) is 11.8 Å². The zero-order chi connectivity index (χ0) is 38.2. The fourth-order valence-electron chi connectivity index (χ4n) is 9.96. The van der Waals surface area contributed by atoms with Crippen molar-refractivity contribution in [2.45, 2.75) is 11.8 Å². The van der Waals surface area contributed by atoms with Gasteiger partial charge in [0.05, 0.1) is 5.69 Å². The Hall–Kier alpha value is -7.00. The number of hydrogen-bond acceptors (Lipinski definition) is 2. The van der Waals surface area contributed by atoms with Crippen molar-refractivity contribution in [1.29, 1.82) is 0 Å². The SMILES string of the molecule is c1ccc(-c2ccc(N(c3ccc(-c4cccc5c4sc4ccccc45)cc3)c3ccc(-c4ccccc4)c4c3C3c5ccccc5C4c4ccccc43)cc2)cc1. The molecule has 58 heavy (non-hydrogen) atoms. The van der Waals surface area contributed by atoms with E-state index in [9.17, 15) is 0 Å². The summed E-state index contributed by atoms with van der Waals surface area (Å²) in [4.78, 5) is 2.51. The van der Waals surface area contributed by atoms with Gasteiger partial charge in [0.25, 0.3) is 0 Å². The van der Waals surface area contributed by atoms with E-state index < -0.39 is 0 Å². The van der Waals surface area contributed by atoms with Gasteiger partial charge in [-0.2, -0.15) is 0 Å². The highest BCUT2D eigenvalue weighted by Gasteiger charge is 2.44. The van der Waals surface area contributed by atoms with Gasteiger partial charge in [-0.05, 0) is 103 Å². The second kappa shape index (κ2) is 13.3. The number of benzene rings is 9. The lowest BCUT2D eigenvalue weighted by molar-refractivity contribution is 0.755. The summed E-state index contributed by atoms with van der Waals surface area (Å²) in [5.74, 6) is 0.232. The normalized spacial score (nSPS) is 14.9. The Balaban J connectivity index is 1.08. The molecule has 1 heterocycles. The summed E-state index contributed by atoms with van der Waals surface area (Å²) in [5, 5.41) is 2.65. The largest absolute Gasteiger partial charge is 0.310 e. The van der Waals surface area contributed by atoms with Gasteiger partial charge in [-0.1, -0.05) is 176 Å². The molecule has 0 aliphatic heterocycles. The van der Waals surface area contributed by atoms with Crippen LogP contribution in [0.5, 0.6) is 0 Å². The van der Waals surface area contributed by atoms with Gasteiger partial charge in [-0.15, -0.1) is 11.3 Å². The maximum atomic E-state index is 2.51. The van der Waals surface area contributed by atoms with Crippen LogP contribution in [0.25, 0.3) is 53.6 Å². The van der Waals surface area contributed by atoms with Crippen molar-refractivity contribution in [2.75, 3.05) is 4.90 Å². The highest BCUT2D eigenvalue weighted by Crippen LogP contribution is 2.61. The lowest BCUT2D eigenvalue weighted by Crippen LogP contribution is -2.30. The van der Waals surface area contributed by atoms with E-state index in [1.54, 1.807) is 0 Å². The summed E-state index contributed by atoms with van der Waals surface area (Å²) in [5.41, 5.74) is 19.5.